The van der Waals surface area contributed by atoms with Gasteiger partial charge in [0.05, 0.1) is 0 Å². The Morgan fingerprint density at radius 2 is 1.93 bits per heavy atom. The highest BCUT2D eigenvalue weighted by Gasteiger charge is 2.16. The second-order valence-electron chi connectivity index (χ2n) is 4.77. The van der Waals surface area contributed by atoms with Gasteiger partial charge >= 0.3 is 0 Å². The summed E-state index contributed by atoms with van der Waals surface area (Å²) in [6.45, 7) is 7.56. The summed E-state index contributed by atoms with van der Waals surface area (Å²) in [4.78, 5) is 2.31. The van der Waals surface area contributed by atoms with Crippen molar-refractivity contribution >= 4 is 5.69 Å². The van der Waals surface area contributed by atoms with Crippen molar-refractivity contribution in [1.82, 2.24) is 4.90 Å². The van der Waals surface area contributed by atoms with E-state index in [1.165, 1.54) is 5.56 Å². The third-order valence-electron chi connectivity index (χ3n) is 2.52. The van der Waals surface area contributed by atoms with Crippen molar-refractivity contribution in [3.05, 3.63) is 29.8 Å². The number of benzene rings is 1. The van der Waals surface area contributed by atoms with E-state index < -0.39 is 0 Å². The second kappa shape index (κ2) is 4.01. The summed E-state index contributed by atoms with van der Waals surface area (Å²) in [6.07, 6.45) is 0. The zero-order chi connectivity index (χ0) is 10.8. The molecule has 0 aliphatic rings. The number of rotatable bonds is 2. The number of hydrogen-bond acceptors (Lipinski definition) is 2. The summed E-state index contributed by atoms with van der Waals surface area (Å²) in [5.41, 5.74) is 8.03. The molecule has 0 amide bonds. The van der Waals surface area contributed by atoms with Crippen LogP contribution in [0.1, 0.15) is 26.3 Å². The first-order valence-corrected chi connectivity index (χ1v) is 4.95. The van der Waals surface area contributed by atoms with Crippen molar-refractivity contribution in [2.45, 2.75) is 32.9 Å². The maximum absolute atomic E-state index is 5.72. The predicted octanol–water partition coefficient (Wildman–Crippen LogP) is 2.50. The van der Waals surface area contributed by atoms with E-state index in [2.05, 4.69) is 38.8 Å². The fourth-order valence-electron chi connectivity index (χ4n) is 1.20. The van der Waals surface area contributed by atoms with E-state index in [0.29, 0.717) is 0 Å². The van der Waals surface area contributed by atoms with E-state index >= 15 is 0 Å². The highest BCUT2D eigenvalue weighted by Crippen LogP contribution is 2.15. The molecule has 2 N–H and O–H groups in total. The Bertz CT molecular complexity index is 299. The van der Waals surface area contributed by atoms with Crippen LogP contribution in [0.3, 0.4) is 0 Å². The maximum atomic E-state index is 5.72. The molecular formula is C12H20N2. The van der Waals surface area contributed by atoms with E-state index in [1.807, 2.05) is 18.2 Å². The van der Waals surface area contributed by atoms with Crippen LogP contribution in [0.25, 0.3) is 0 Å². The SMILES string of the molecule is CN(Cc1cccc(N)c1)C(C)(C)C. The minimum atomic E-state index is 0.199. The van der Waals surface area contributed by atoms with Crippen molar-refractivity contribution in [3.63, 3.8) is 0 Å². The fraction of sp³-hybridized carbons (Fsp3) is 0.500. The van der Waals surface area contributed by atoms with Crippen LogP contribution in [0.2, 0.25) is 0 Å². The average Bonchev–Trinajstić information content (AvgIpc) is 2.02. The molecule has 0 aliphatic carbocycles. The zero-order valence-corrected chi connectivity index (χ0v) is 9.54. The number of nitrogen functional groups attached to an aromatic ring is 1. The van der Waals surface area contributed by atoms with E-state index in [4.69, 9.17) is 5.73 Å². The van der Waals surface area contributed by atoms with Crippen molar-refractivity contribution < 1.29 is 0 Å². The first kappa shape index (κ1) is 11.1. The van der Waals surface area contributed by atoms with Crippen molar-refractivity contribution in [1.29, 1.82) is 0 Å². The number of nitrogens with two attached hydrogens (primary N) is 1. The van der Waals surface area contributed by atoms with E-state index in [0.717, 1.165) is 12.2 Å². The van der Waals surface area contributed by atoms with Crippen LogP contribution in [0.15, 0.2) is 24.3 Å². The Morgan fingerprint density at radius 1 is 1.29 bits per heavy atom. The third-order valence-corrected chi connectivity index (χ3v) is 2.52. The Kier molecular flexibility index (Phi) is 3.17. The lowest BCUT2D eigenvalue weighted by Crippen LogP contribution is -2.37. The molecule has 0 aromatic heterocycles. The molecule has 2 nitrogen and oxygen atoms in total. The maximum Gasteiger partial charge on any atom is 0.0317 e. The van der Waals surface area contributed by atoms with Crippen LogP contribution in [-0.2, 0) is 6.54 Å². The van der Waals surface area contributed by atoms with Gasteiger partial charge < -0.3 is 5.73 Å². The molecule has 78 valence electrons. The van der Waals surface area contributed by atoms with Gasteiger partial charge in [-0.15, -0.1) is 0 Å². The Labute approximate surface area is 86.7 Å². The quantitative estimate of drug-likeness (QED) is 0.729. The predicted molar refractivity (Wildman–Crippen MR) is 62.1 cm³/mol. The van der Waals surface area contributed by atoms with Gasteiger partial charge in [-0.25, -0.2) is 0 Å². The minimum Gasteiger partial charge on any atom is -0.399 e. The van der Waals surface area contributed by atoms with Crippen molar-refractivity contribution in [2.75, 3.05) is 12.8 Å². The second-order valence-corrected chi connectivity index (χ2v) is 4.77. The van der Waals surface area contributed by atoms with E-state index in [-0.39, 0.29) is 5.54 Å². The summed E-state index contributed by atoms with van der Waals surface area (Å²) in [5, 5.41) is 0. The summed E-state index contributed by atoms with van der Waals surface area (Å²) in [6, 6.07) is 8.06. The highest BCUT2D eigenvalue weighted by atomic mass is 15.1. The lowest BCUT2D eigenvalue weighted by Gasteiger charge is -2.31. The Hall–Kier alpha value is -1.02. The number of nitrogens with zero attached hydrogens (tertiary/aromatic N) is 1. The molecule has 1 aromatic rings. The van der Waals surface area contributed by atoms with Gasteiger partial charge in [-0.1, -0.05) is 12.1 Å². The largest absolute Gasteiger partial charge is 0.399 e. The molecule has 0 radical (unpaired) electrons. The van der Waals surface area contributed by atoms with Crippen LogP contribution in [-0.4, -0.2) is 17.5 Å². The van der Waals surface area contributed by atoms with Crippen LogP contribution in [0.4, 0.5) is 5.69 Å². The fourth-order valence-corrected chi connectivity index (χ4v) is 1.20. The van der Waals surface area contributed by atoms with Gasteiger partial charge in [0.25, 0.3) is 0 Å². The summed E-state index contributed by atoms with van der Waals surface area (Å²) in [7, 11) is 2.13. The van der Waals surface area contributed by atoms with Crippen LogP contribution < -0.4 is 5.73 Å². The van der Waals surface area contributed by atoms with Crippen molar-refractivity contribution in [2.24, 2.45) is 0 Å². The topological polar surface area (TPSA) is 29.3 Å². The van der Waals surface area contributed by atoms with Crippen molar-refractivity contribution in [3.8, 4) is 0 Å². The smallest absolute Gasteiger partial charge is 0.0317 e. The monoisotopic (exact) mass is 192 g/mol. The number of anilines is 1. The van der Waals surface area contributed by atoms with E-state index in [9.17, 15) is 0 Å². The molecule has 0 bridgehead atoms. The third kappa shape index (κ3) is 3.04. The molecule has 0 saturated carbocycles. The molecule has 0 heterocycles. The molecular weight excluding hydrogens is 172 g/mol. The summed E-state index contributed by atoms with van der Waals surface area (Å²) in [5.74, 6) is 0. The minimum absolute atomic E-state index is 0.199. The van der Waals surface area contributed by atoms with Gasteiger partial charge in [-0.05, 0) is 45.5 Å². The summed E-state index contributed by atoms with van der Waals surface area (Å²) >= 11 is 0. The van der Waals surface area contributed by atoms with Gasteiger partial charge in [0.15, 0.2) is 0 Å². The molecule has 0 unspecified atom stereocenters. The number of hydrogen-bond donors (Lipinski definition) is 1. The molecule has 14 heavy (non-hydrogen) atoms. The van der Waals surface area contributed by atoms with Gasteiger partial charge in [0.1, 0.15) is 0 Å². The van der Waals surface area contributed by atoms with Crippen LogP contribution in [0.5, 0.6) is 0 Å². The van der Waals surface area contributed by atoms with E-state index in [1.54, 1.807) is 0 Å². The molecule has 1 rings (SSSR count). The molecule has 0 saturated heterocycles. The van der Waals surface area contributed by atoms with Gasteiger partial charge in [-0.2, -0.15) is 0 Å². The lowest BCUT2D eigenvalue weighted by atomic mass is 10.1. The Morgan fingerprint density at radius 3 is 2.43 bits per heavy atom. The van der Waals surface area contributed by atoms with Crippen LogP contribution >= 0.6 is 0 Å². The molecule has 0 fully saturated rings. The average molecular weight is 192 g/mol. The Balaban J connectivity index is 2.70. The molecule has 0 spiro atoms. The normalized spacial score (nSPS) is 12.1. The standard InChI is InChI=1S/C12H20N2/c1-12(2,3)14(4)9-10-6-5-7-11(13)8-10/h5-8H,9,13H2,1-4H3. The van der Waals surface area contributed by atoms with Gasteiger partial charge in [0.2, 0.25) is 0 Å². The first-order valence-electron chi connectivity index (χ1n) is 4.95. The molecule has 0 atom stereocenters. The zero-order valence-electron chi connectivity index (χ0n) is 9.54. The molecule has 2 heteroatoms. The highest BCUT2D eigenvalue weighted by molar-refractivity contribution is 5.40. The van der Waals surface area contributed by atoms with Gasteiger partial charge in [0, 0.05) is 17.8 Å². The molecule has 0 aliphatic heterocycles. The van der Waals surface area contributed by atoms with Gasteiger partial charge in [-0.3, -0.25) is 4.90 Å². The lowest BCUT2D eigenvalue weighted by molar-refractivity contribution is 0.167. The molecule has 1 aromatic carbocycles. The van der Waals surface area contributed by atoms with Crippen LogP contribution in [0, 0.1) is 0 Å². The first-order chi connectivity index (χ1) is 6.39. The summed E-state index contributed by atoms with van der Waals surface area (Å²) < 4.78 is 0.